The molecule has 2 aliphatic rings. The lowest BCUT2D eigenvalue weighted by atomic mass is 9.85. The van der Waals surface area contributed by atoms with Crippen LogP contribution in [0, 0.1) is 5.41 Å². The Bertz CT molecular complexity index is 501. The van der Waals surface area contributed by atoms with Crippen molar-refractivity contribution in [1.82, 2.24) is 20.4 Å². The highest BCUT2D eigenvalue weighted by atomic mass is 127. The lowest BCUT2D eigenvalue weighted by molar-refractivity contribution is -0.138. The number of carbonyl (C=O) groups is 1. The molecule has 7 nitrogen and oxygen atoms in total. The number of guanidine groups is 1. The van der Waals surface area contributed by atoms with Crippen molar-refractivity contribution in [3.8, 4) is 0 Å². The number of piperidine rings is 1. The Labute approximate surface area is 194 Å². The molecule has 170 valence electrons. The number of ether oxygens (including phenoxy) is 1. The summed E-state index contributed by atoms with van der Waals surface area (Å²) in [5.41, 5.74) is -0.309. The van der Waals surface area contributed by atoms with Crippen molar-refractivity contribution in [2.45, 2.75) is 57.9 Å². The molecule has 0 radical (unpaired) electrons. The van der Waals surface area contributed by atoms with Crippen LogP contribution in [-0.2, 0) is 9.53 Å². The maximum absolute atomic E-state index is 12.8. The van der Waals surface area contributed by atoms with E-state index in [-0.39, 0.29) is 35.3 Å². The van der Waals surface area contributed by atoms with Crippen LogP contribution in [0.25, 0.3) is 0 Å². The number of methoxy groups -OCH3 is 1. The quantitative estimate of drug-likeness (QED) is 0.210. The highest BCUT2D eigenvalue weighted by Gasteiger charge is 2.42. The van der Waals surface area contributed by atoms with E-state index in [2.05, 4.69) is 22.5 Å². The van der Waals surface area contributed by atoms with E-state index in [1.165, 1.54) is 0 Å². The van der Waals surface area contributed by atoms with Gasteiger partial charge in [-0.2, -0.15) is 0 Å². The van der Waals surface area contributed by atoms with E-state index in [0.29, 0.717) is 12.6 Å². The summed E-state index contributed by atoms with van der Waals surface area (Å²) < 4.78 is 5.15. The summed E-state index contributed by atoms with van der Waals surface area (Å²) in [6.45, 7) is 7.68. The Balaban J connectivity index is 0.00000420. The van der Waals surface area contributed by atoms with Gasteiger partial charge in [0, 0.05) is 60.0 Å². The summed E-state index contributed by atoms with van der Waals surface area (Å²) in [5, 5.41) is 6.99. The number of carbonyl (C=O) groups excluding carboxylic acids is 1. The second kappa shape index (κ2) is 13.6. The third kappa shape index (κ3) is 8.20. The SMILES string of the molecule is CCNC(=NCC1(C(=O)N(C)C)CCCC1)NC1CCN(CCCOC)CC1.I. The zero-order chi connectivity index (χ0) is 20.4. The summed E-state index contributed by atoms with van der Waals surface area (Å²) in [7, 11) is 5.48. The van der Waals surface area contributed by atoms with Gasteiger partial charge in [0.05, 0.1) is 12.0 Å². The molecular weight excluding hydrogens is 481 g/mol. The number of halogens is 1. The Kier molecular flexibility index (Phi) is 12.4. The van der Waals surface area contributed by atoms with Crippen LogP contribution < -0.4 is 10.6 Å². The first-order chi connectivity index (χ1) is 13.5. The number of rotatable bonds is 9. The van der Waals surface area contributed by atoms with Crippen LogP contribution >= 0.6 is 24.0 Å². The first-order valence-electron chi connectivity index (χ1n) is 11.0. The molecule has 0 bridgehead atoms. The fourth-order valence-corrected chi connectivity index (χ4v) is 4.44. The molecule has 1 amide bonds. The summed E-state index contributed by atoms with van der Waals surface area (Å²) in [4.78, 5) is 21.9. The number of amides is 1. The molecule has 0 aromatic rings. The van der Waals surface area contributed by atoms with Crippen LogP contribution in [0.5, 0.6) is 0 Å². The smallest absolute Gasteiger partial charge is 0.230 e. The molecule has 2 fully saturated rings. The Morgan fingerprint density at radius 1 is 1.24 bits per heavy atom. The highest BCUT2D eigenvalue weighted by Crippen LogP contribution is 2.39. The zero-order valence-corrected chi connectivity index (χ0v) is 21.2. The number of nitrogens with one attached hydrogen (secondary N) is 2. The molecule has 1 saturated carbocycles. The topological polar surface area (TPSA) is 69.2 Å². The Morgan fingerprint density at radius 2 is 1.90 bits per heavy atom. The molecule has 1 heterocycles. The van der Waals surface area contributed by atoms with Gasteiger partial charge in [0.15, 0.2) is 5.96 Å². The van der Waals surface area contributed by atoms with Crippen molar-refractivity contribution in [1.29, 1.82) is 0 Å². The van der Waals surface area contributed by atoms with Crippen LogP contribution in [0.4, 0.5) is 0 Å². The number of aliphatic imine (C=N–C) groups is 1. The van der Waals surface area contributed by atoms with Gasteiger partial charge in [0.1, 0.15) is 0 Å². The van der Waals surface area contributed by atoms with Gasteiger partial charge in [0.2, 0.25) is 5.91 Å². The van der Waals surface area contributed by atoms with E-state index in [0.717, 1.165) is 83.7 Å². The molecule has 1 aliphatic heterocycles. The number of nitrogens with zero attached hydrogens (tertiary/aromatic N) is 3. The van der Waals surface area contributed by atoms with E-state index in [1.54, 1.807) is 12.0 Å². The average Bonchev–Trinajstić information content (AvgIpc) is 3.17. The van der Waals surface area contributed by atoms with Gasteiger partial charge in [0.25, 0.3) is 0 Å². The van der Waals surface area contributed by atoms with E-state index >= 15 is 0 Å². The van der Waals surface area contributed by atoms with Gasteiger partial charge in [-0.1, -0.05) is 12.8 Å². The van der Waals surface area contributed by atoms with Crippen molar-refractivity contribution < 1.29 is 9.53 Å². The molecule has 2 N–H and O–H groups in total. The van der Waals surface area contributed by atoms with Gasteiger partial charge < -0.3 is 25.2 Å². The third-order valence-electron chi connectivity index (χ3n) is 6.06. The van der Waals surface area contributed by atoms with Gasteiger partial charge in [-0.05, 0) is 39.0 Å². The second-order valence-corrected chi connectivity index (χ2v) is 8.49. The molecule has 8 heteroatoms. The summed E-state index contributed by atoms with van der Waals surface area (Å²) in [6, 6.07) is 0.445. The predicted octanol–water partition coefficient (Wildman–Crippen LogP) is 2.31. The fraction of sp³-hybridized carbons (Fsp3) is 0.905. The van der Waals surface area contributed by atoms with Crippen LogP contribution in [0.1, 0.15) is 51.9 Å². The molecule has 0 aromatic carbocycles. The van der Waals surface area contributed by atoms with Gasteiger partial charge in [-0.15, -0.1) is 24.0 Å². The molecule has 2 rings (SSSR count). The van der Waals surface area contributed by atoms with Crippen LogP contribution in [0.15, 0.2) is 4.99 Å². The molecule has 0 unspecified atom stereocenters. The van der Waals surface area contributed by atoms with Crippen LogP contribution in [-0.4, -0.2) is 88.2 Å². The molecular formula is C21H42IN5O2. The summed E-state index contributed by atoms with van der Waals surface area (Å²) in [5.74, 6) is 1.09. The first kappa shape index (κ1) is 26.4. The van der Waals surface area contributed by atoms with E-state index in [9.17, 15) is 4.79 Å². The molecule has 0 atom stereocenters. The van der Waals surface area contributed by atoms with E-state index in [4.69, 9.17) is 9.73 Å². The molecule has 1 aliphatic carbocycles. The molecule has 1 saturated heterocycles. The monoisotopic (exact) mass is 523 g/mol. The van der Waals surface area contributed by atoms with Crippen molar-refractivity contribution in [3.05, 3.63) is 0 Å². The third-order valence-corrected chi connectivity index (χ3v) is 6.06. The van der Waals surface area contributed by atoms with Crippen molar-refractivity contribution in [2.75, 3.05) is 60.5 Å². The Morgan fingerprint density at radius 3 is 2.45 bits per heavy atom. The normalized spacial score (nSPS) is 20.2. The standard InChI is InChI=1S/C21H41N5O2.HI/c1-5-22-20(23-17-21(11-6-7-12-21)19(27)25(2)3)24-18-9-14-26(15-10-18)13-8-16-28-4;/h18H,5-17H2,1-4H3,(H2,22,23,24);1H. The molecule has 29 heavy (non-hydrogen) atoms. The maximum Gasteiger partial charge on any atom is 0.230 e. The molecule has 0 spiro atoms. The van der Waals surface area contributed by atoms with Crippen molar-refractivity contribution in [2.24, 2.45) is 10.4 Å². The van der Waals surface area contributed by atoms with E-state index < -0.39 is 0 Å². The number of hydrogen-bond acceptors (Lipinski definition) is 4. The van der Waals surface area contributed by atoms with Crippen molar-refractivity contribution in [3.63, 3.8) is 0 Å². The largest absolute Gasteiger partial charge is 0.385 e. The second-order valence-electron chi connectivity index (χ2n) is 8.49. The summed E-state index contributed by atoms with van der Waals surface area (Å²) in [6.07, 6.45) is 7.50. The first-order valence-corrected chi connectivity index (χ1v) is 11.0. The highest BCUT2D eigenvalue weighted by molar-refractivity contribution is 14.0. The van der Waals surface area contributed by atoms with Crippen LogP contribution in [0.3, 0.4) is 0 Å². The average molecular weight is 524 g/mol. The van der Waals surface area contributed by atoms with E-state index in [1.807, 2.05) is 14.1 Å². The van der Waals surface area contributed by atoms with Crippen molar-refractivity contribution >= 4 is 35.8 Å². The lowest BCUT2D eigenvalue weighted by Crippen LogP contribution is -2.49. The minimum atomic E-state index is -0.309. The fourth-order valence-electron chi connectivity index (χ4n) is 4.44. The molecule has 0 aromatic heterocycles. The van der Waals surface area contributed by atoms with Gasteiger partial charge >= 0.3 is 0 Å². The van der Waals surface area contributed by atoms with Crippen LogP contribution in [0.2, 0.25) is 0 Å². The predicted molar refractivity (Wildman–Crippen MR) is 130 cm³/mol. The lowest BCUT2D eigenvalue weighted by Gasteiger charge is -2.33. The minimum absolute atomic E-state index is 0. The zero-order valence-electron chi connectivity index (χ0n) is 18.8. The Hall–Kier alpha value is -0.610. The number of likely N-dealkylation sites (tertiary alicyclic amines) is 1. The van der Waals surface area contributed by atoms with Gasteiger partial charge in [-0.25, -0.2) is 0 Å². The van der Waals surface area contributed by atoms with Gasteiger partial charge in [-0.3, -0.25) is 9.79 Å². The minimum Gasteiger partial charge on any atom is -0.385 e. The maximum atomic E-state index is 12.8. The summed E-state index contributed by atoms with van der Waals surface area (Å²) >= 11 is 0. The number of hydrogen-bond donors (Lipinski definition) is 2.